The van der Waals surface area contributed by atoms with Gasteiger partial charge in [-0.15, -0.1) is 0 Å². The highest BCUT2D eigenvalue weighted by Gasteiger charge is 2.16. The van der Waals surface area contributed by atoms with Gasteiger partial charge in [0.1, 0.15) is 24.7 Å². The first kappa shape index (κ1) is 18.9. The zero-order chi connectivity index (χ0) is 18.4. The fourth-order valence-corrected chi connectivity index (χ4v) is 3.15. The van der Waals surface area contributed by atoms with Gasteiger partial charge >= 0.3 is 0 Å². The molecule has 0 bridgehead atoms. The smallest absolute Gasteiger partial charge is 0.142 e. The van der Waals surface area contributed by atoms with E-state index in [9.17, 15) is 0 Å². The number of hydrogen-bond acceptors (Lipinski definition) is 4. The average molecular weight is 376 g/mol. The summed E-state index contributed by atoms with van der Waals surface area (Å²) in [6.45, 7) is 6.65. The van der Waals surface area contributed by atoms with Gasteiger partial charge in [0.05, 0.1) is 11.8 Å². The van der Waals surface area contributed by atoms with E-state index in [1.54, 1.807) is 0 Å². The second-order valence-electron chi connectivity index (χ2n) is 6.59. The minimum atomic E-state index is 0.211. The standard InChI is InChI=1S/C21H26ClNO3/c1-15-12-18(13-16(2)21(15)22)25-11-9-23-19-7-3-4-8-20(19)26-14-17-6-5-10-24-17/h3-4,7-8,12-13,17,23H,5-6,9-11,14H2,1-2H3. The molecule has 1 atom stereocenters. The van der Waals surface area contributed by atoms with E-state index >= 15 is 0 Å². The van der Waals surface area contributed by atoms with Gasteiger partial charge in [-0.05, 0) is 62.1 Å². The summed E-state index contributed by atoms with van der Waals surface area (Å²) < 4.78 is 17.4. The molecule has 5 heteroatoms. The summed E-state index contributed by atoms with van der Waals surface area (Å²) in [7, 11) is 0. The van der Waals surface area contributed by atoms with Crippen molar-refractivity contribution in [2.45, 2.75) is 32.8 Å². The van der Waals surface area contributed by atoms with E-state index in [0.29, 0.717) is 19.8 Å². The van der Waals surface area contributed by atoms with Crippen LogP contribution in [0, 0.1) is 13.8 Å². The third-order valence-electron chi connectivity index (χ3n) is 4.43. The highest BCUT2D eigenvalue weighted by Crippen LogP contribution is 2.27. The predicted molar refractivity (Wildman–Crippen MR) is 106 cm³/mol. The maximum Gasteiger partial charge on any atom is 0.142 e. The minimum absolute atomic E-state index is 0.211. The van der Waals surface area contributed by atoms with Crippen LogP contribution in [0.15, 0.2) is 36.4 Å². The van der Waals surface area contributed by atoms with Gasteiger partial charge in [0, 0.05) is 18.2 Å². The Bertz CT molecular complexity index is 706. The monoisotopic (exact) mass is 375 g/mol. The summed E-state index contributed by atoms with van der Waals surface area (Å²) in [5, 5.41) is 4.18. The molecule has 1 N–H and O–H groups in total. The van der Waals surface area contributed by atoms with Gasteiger partial charge in [-0.2, -0.15) is 0 Å². The van der Waals surface area contributed by atoms with Crippen molar-refractivity contribution in [2.75, 3.05) is 31.7 Å². The van der Waals surface area contributed by atoms with Crippen molar-refractivity contribution in [1.29, 1.82) is 0 Å². The fourth-order valence-electron chi connectivity index (χ4n) is 3.04. The molecule has 1 heterocycles. The maximum atomic E-state index is 6.19. The Balaban J connectivity index is 1.48. The molecule has 0 aliphatic carbocycles. The lowest BCUT2D eigenvalue weighted by Gasteiger charge is -2.16. The first-order chi connectivity index (χ1) is 12.6. The molecular formula is C21H26ClNO3. The summed E-state index contributed by atoms with van der Waals surface area (Å²) in [4.78, 5) is 0. The highest BCUT2D eigenvalue weighted by atomic mass is 35.5. The molecule has 1 aliphatic heterocycles. The number of para-hydroxylation sites is 2. The fraction of sp³-hybridized carbons (Fsp3) is 0.429. The van der Waals surface area contributed by atoms with E-state index in [-0.39, 0.29) is 6.10 Å². The van der Waals surface area contributed by atoms with Crippen LogP contribution in [-0.2, 0) is 4.74 Å². The van der Waals surface area contributed by atoms with E-state index in [2.05, 4.69) is 5.32 Å². The van der Waals surface area contributed by atoms with Crippen molar-refractivity contribution in [3.8, 4) is 11.5 Å². The first-order valence-electron chi connectivity index (χ1n) is 9.10. The van der Waals surface area contributed by atoms with Gasteiger partial charge in [-0.1, -0.05) is 23.7 Å². The summed E-state index contributed by atoms with van der Waals surface area (Å²) in [6, 6.07) is 11.9. The van der Waals surface area contributed by atoms with Crippen LogP contribution < -0.4 is 14.8 Å². The van der Waals surface area contributed by atoms with Crippen molar-refractivity contribution >= 4 is 17.3 Å². The maximum absolute atomic E-state index is 6.19. The van der Waals surface area contributed by atoms with Crippen LogP contribution in [0.2, 0.25) is 5.02 Å². The Morgan fingerprint density at radius 3 is 2.65 bits per heavy atom. The molecule has 0 aromatic heterocycles. The van der Waals surface area contributed by atoms with Crippen LogP contribution in [-0.4, -0.2) is 32.5 Å². The summed E-state index contributed by atoms with van der Waals surface area (Å²) in [6.07, 6.45) is 2.40. The second kappa shape index (κ2) is 9.15. The van der Waals surface area contributed by atoms with Gasteiger partial charge in [-0.3, -0.25) is 0 Å². The van der Waals surface area contributed by atoms with Gasteiger partial charge < -0.3 is 19.5 Å². The van der Waals surface area contributed by atoms with Gasteiger partial charge in [-0.25, -0.2) is 0 Å². The van der Waals surface area contributed by atoms with E-state index < -0.39 is 0 Å². The molecule has 0 radical (unpaired) electrons. The number of hydrogen-bond donors (Lipinski definition) is 1. The topological polar surface area (TPSA) is 39.7 Å². The average Bonchev–Trinajstić information content (AvgIpc) is 3.16. The summed E-state index contributed by atoms with van der Waals surface area (Å²) >= 11 is 6.19. The molecule has 2 aromatic carbocycles. The number of halogens is 1. The van der Waals surface area contributed by atoms with Crippen LogP contribution in [0.5, 0.6) is 11.5 Å². The molecule has 1 saturated heterocycles. The number of nitrogens with one attached hydrogen (secondary N) is 1. The van der Waals surface area contributed by atoms with E-state index in [4.69, 9.17) is 25.8 Å². The molecule has 3 rings (SSSR count). The largest absolute Gasteiger partial charge is 0.492 e. The summed E-state index contributed by atoms with van der Waals surface area (Å²) in [5.41, 5.74) is 3.03. The van der Waals surface area contributed by atoms with Crippen molar-refractivity contribution < 1.29 is 14.2 Å². The molecule has 1 fully saturated rings. The van der Waals surface area contributed by atoms with Crippen LogP contribution in [0.25, 0.3) is 0 Å². The van der Waals surface area contributed by atoms with Crippen LogP contribution in [0.4, 0.5) is 5.69 Å². The minimum Gasteiger partial charge on any atom is -0.492 e. The summed E-state index contributed by atoms with van der Waals surface area (Å²) in [5.74, 6) is 1.69. The van der Waals surface area contributed by atoms with Crippen molar-refractivity contribution in [3.63, 3.8) is 0 Å². The number of rotatable bonds is 8. The molecule has 140 valence electrons. The zero-order valence-corrected chi connectivity index (χ0v) is 16.1. The predicted octanol–water partition coefficient (Wildman–Crippen LogP) is 5.01. The molecule has 0 saturated carbocycles. The van der Waals surface area contributed by atoms with Gasteiger partial charge in [0.25, 0.3) is 0 Å². The molecule has 2 aromatic rings. The molecule has 0 spiro atoms. The molecule has 26 heavy (non-hydrogen) atoms. The lowest BCUT2D eigenvalue weighted by atomic mass is 10.1. The molecular weight excluding hydrogens is 350 g/mol. The molecule has 1 unspecified atom stereocenters. The number of ether oxygens (including phenoxy) is 3. The number of benzene rings is 2. The highest BCUT2D eigenvalue weighted by molar-refractivity contribution is 6.32. The Morgan fingerprint density at radius 1 is 1.15 bits per heavy atom. The first-order valence-corrected chi connectivity index (χ1v) is 9.48. The number of aryl methyl sites for hydroxylation is 2. The van der Waals surface area contributed by atoms with Gasteiger partial charge in [0.2, 0.25) is 0 Å². The van der Waals surface area contributed by atoms with Crippen molar-refractivity contribution in [3.05, 3.63) is 52.5 Å². The van der Waals surface area contributed by atoms with Crippen molar-refractivity contribution in [1.82, 2.24) is 0 Å². The zero-order valence-electron chi connectivity index (χ0n) is 15.4. The van der Waals surface area contributed by atoms with Crippen LogP contribution in [0.3, 0.4) is 0 Å². The Hall–Kier alpha value is -1.91. The Kier molecular flexibility index (Phi) is 6.64. The van der Waals surface area contributed by atoms with E-state index in [1.807, 2.05) is 50.2 Å². The SMILES string of the molecule is Cc1cc(OCCNc2ccccc2OCC2CCCO2)cc(C)c1Cl. The number of anilines is 1. The second-order valence-corrected chi connectivity index (χ2v) is 6.97. The van der Waals surface area contributed by atoms with Crippen molar-refractivity contribution in [2.24, 2.45) is 0 Å². The molecule has 4 nitrogen and oxygen atoms in total. The van der Waals surface area contributed by atoms with Gasteiger partial charge in [0.15, 0.2) is 0 Å². The lowest BCUT2D eigenvalue weighted by Crippen LogP contribution is -2.17. The van der Waals surface area contributed by atoms with E-state index in [1.165, 1.54) is 0 Å². The van der Waals surface area contributed by atoms with Crippen LogP contribution in [0.1, 0.15) is 24.0 Å². The Labute approximate surface area is 160 Å². The van der Waals surface area contributed by atoms with E-state index in [0.717, 1.165) is 52.8 Å². The Morgan fingerprint density at radius 2 is 1.92 bits per heavy atom. The molecule has 0 amide bonds. The molecule has 1 aliphatic rings. The lowest BCUT2D eigenvalue weighted by molar-refractivity contribution is 0.0682. The normalized spacial score (nSPS) is 16.5. The van der Waals surface area contributed by atoms with Crippen LogP contribution >= 0.6 is 11.6 Å². The third-order valence-corrected chi connectivity index (χ3v) is 5.03. The quantitative estimate of drug-likeness (QED) is 0.658. The third kappa shape index (κ3) is 5.05.